The molecule has 0 spiro atoms. The van der Waals surface area contributed by atoms with Gasteiger partial charge in [0.2, 0.25) is 0 Å². The number of aldehydes is 1. The van der Waals surface area contributed by atoms with E-state index in [1.807, 2.05) is 0 Å². The van der Waals surface area contributed by atoms with Gasteiger partial charge in [0.05, 0.1) is 5.56 Å². The fourth-order valence-corrected chi connectivity index (χ4v) is 1.03. The van der Waals surface area contributed by atoms with Gasteiger partial charge in [-0.05, 0) is 12.1 Å². The molecule has 1 aromatic rings. The number of carboxylic acid groups (broad SMARTS) is 1. The molecule has 0 atom stereocenters. The summed E-state index contributed by atoms with van der Waals surface area (Å²) in [6.45, 7) is 0. The molecule has 0 saturated heterocycles. The van der Waals surface area contributed by atoms with Gasteiger partial charge in [0.15, 0.2) is 6.29 Å². The van der Waals surface area contributed by atoms with Gasteiger partial charge in [-0.15, -0.1) is 0 Å². The highest BCUT2D eigenvalue weighted by atomic mass is 19.1. The zero-order valence-corrected chi connectivity index (χ0v) is 6.82. The topological polar surface area (TPSA) is 78.2 Å². The van der Waals surface area contributed by atoms with Crippen molar-refractivity contribution in [2.75, 3.05) is 0 Å². The SMILES string of the molecule is N#Cc1c(F)ccc(C=O)c1C(=O)O. The average molecular weight is 193 g/mol. The van der Waals surface area contributed by atoms with E-state index in [2.05, 4.69) is 0 Å². The molecule has 0 aliphatic rings. The molecule has 0 heterocycles. The summed E-state index contributed by atoms with van der Waals surface area (Å²) in [5.41, 5.74) is -1.43. The first-order valence-corrected chi connectivity index (χ1v) is 3.53. The zero-order chi connectivity index (χ0) is 10.7. The van der Waals surface area contributed by atoms with Crippen LogP contribution in [-0.4, -0.2) is 17.4 Å². The van der Waals surface area contributed by atoms with Gasteiger partial charge in [0.1, 0.15) is 17.4 Å². The van der Waals surface area contributed by atoms with Gasteiger partial charge in [-0.2, -0.15) is 5.26 Å². The number of hydrogen-bond donors (Lipinski definition) is 1. The molecule has 0 amide bonds. The van der Waals surface area contributed by atoms with Crippen molar-refractivity contribution < 1.29 is 19.1 Å². The highest BCUT2D eigenvalue weighted by molar-refractivity contribution is 5.99. The summed E-state index contributed by atoms with van der Waals surface area (Å²) >= 11 is 0. The molecule has 0 saturated carbocycles. The van der Waals surface area contributed by atoms with Crippen molar-refractivity contribution >= 4 is 12.3 Å². The van der Waals surface area contributed by atoms with Gasteiger partial charge in [0, 0.05) is 5.56 Å². The quantitative estimate of drug-likeness (QED) is 0.716. The Bertz CT molecular complexity index is 448. The van der Waals surface area contributed by atoms with Gasteiger partial charge in [-0.25, -0.2) is 9.18 Å². The third-order valence-corrected chi connectivity index (χ3v) is 1.64. The van der Waals surface area contributed by atoms with Crippen molar-refractivity contribution in [3.05, 3.63) is 34.6 Å². The molecule has 1 aromatic carbocycles. The molecule has 0 bridgehead atoms. The fourth-order valence-electron chi connectivity index (χ4n) is 1.03. The molecule has 0 fully saturated rings. The second-order valence-corrected chi connectivity index (χ2v) is 2.42. The molecule has 14 heavy (non-hydrogen) atoms. The van der Waals surface area contributed by atoms with Gasteiger partial charge >= 0.3 is 5.97 Å². The molecule has 0 aliphatic carbocycles. The molecule has 1 N–H and O–H groups in total. The van der Waals surface area contributed by atoms with Crippen molar-refractivity contribution in [2.24, 2.45) is 0 Å². The Labute approximate surface area is 78.2 Å². The summed E-state index contributed by atoms with van der Waals surface area (Å²) in [5.74, 6) is -2.45. The lowest BCUT2D eigenvalue weighted by Gasteiger charge is -2.01. The van der Waals surface area contributed by atoms with E-state index in [9.17, 15) is 14.0 Å². The standard InChI is InChI=1S/C9H4FNO3/c10-7-2-1-5(4-12)8(9(13)14)6(7)3-11/h1-2,4H,(H,13,14). The predicted octanol–water partition coefficient (Wildman–Crippen LogP) is 1.21. The van der Waals surface area contributed by atoms with Crippen molar-refractivity contribution in [3.8, 4) is 6.07 Å². The number of benzene rings is 1. The second kappa shape index (κ2) is 3.66. The van der Waals surface area contributed by atoms with Crippen LogP contribution in [0.3, 0.4) is 0 Å². The number of halogens is 1. The monoisotopic (exact) mass is 193 g/mol. The lowest BCUT2D eigenvalue weighted by Crippen LogP contribution is -2.07. The fraction of sp³-hybridized carbons (Fsp3) is 0. The van der Waals surface area contributed by atoms with Crippen molar-refractivity contribution in [1.82, 2.24) is 0 Å². The maximum atomic E-state index is 12.9. The van der Waals surface area contributed by atoms with Crippen LogP contribution in [0.2, 0.25) is 0 Å². The number of nitrogens with zero attached hydrogens (tertiary/aromatic N) is 1. The van der Waals surface area contributed by atoms with Gasteiger partial charge < -0.3 is 5.11 Å². The first-order chi connectivity index (χ1) is 6.61. The van der Waals surface area contributed by atoms with E-state index in [1.165, 1.54) is 6.07 Å². The summed E-state index contributed by atoms with van der Waals surface area (Å²) < 4.78 is 12.9. The molecule has 0 aromatic heterocycles. The van der Waals surface area contributed by atoms with Gasteiger partial charge in [0.25, 0.3) is 0 Å². The largest absolute Gasteiger partial charge is 0.478 e. The van der Waals surface area contributed by atoms with Crippen molar-refractivity contribution in [3.63, 3.8) is 0 Å². The van der Waals surface area contributed by atoms with E-state index in [0.29, 0.717) is 0 Å². The first-order valence-electron chi connectivity index (χ1n) is 3.53. The summed E-state index contributed by atoms with van der Waals surface area (Å²) in [6, 6.07) is 3.31. The van der Waals surface area contributed by atoms with Gasteiger partial charge in [-0.1, -0.05) is 0 Å². The Kier molecular flexibility index (Phi) is 2.58. The van der Waals surface area contributed by atoms with E-state index in [-0.39, 0.29) is 11.8 Å². The van der Waals surface area contributed by atoms with Crippen molar-refractivity contribution in [2.45, 2.75) is 0 Å². The number of rotatable bonds is 2. The minimum Gasteiger partial charge on any atom is -0.478 e. The summed E-state index contributed by atoms with van der Waals surface area (Å²) in [4.78, 5) is 21.1. The highest BCUT2D eigenvalue weighted by Gasteiger charge is 2.18. The molecule has 1 rings (SSSR count). The Hall–Kier alpha value is -2.22. The smallest absolute Gasteiger partial charge is 0.337 e. The maximum absolute atomic E-state index is 12.9. The number of nitriles is 1. The Morgan fingerprint density at radius 1 is 1.57 bits per heavy atom. The van der Waals surface area contributed by atoms with Crippen LogP contribution in [0.4, 0.5) is 4.39 Å². The van der Waals surface area contributed by atoms with Gasteiger partial charge in [-0.3, -0.25) is 4.79 Å². The van der Waals surface area contributed by atoms with E-state index >= 15 is 0 Å². The van der Waals surface area contributed by atoms with Crippen molar-refractivity contribution in [1.29, 1.82) is 5.26 Å². The highest BCUT2D eigenvalue weighted by Crippen LogP contribution is 2.16. The van der Waals surface area contributed by atoms with Crippen LogP contribution in [0.5, 0.6) is 0 Å². The number of aromatic carboxylic acids is 1. The number of carbonyl (C=O) groups excluding carboxylic acids is 1. The number of carboxylic acids is 1. The van der Waals surface area contributed by atoms with E-state index in [0.717, 1.165) is 12.1 Å². The van der Waals surface area contributed by atoms with Crippen LogP contribution in [0.25, 0.3) is 0 Å². The first kappa shape index (κ1) is 9.86. The summed E-state index contributed by atoms with van der Waals surface area (Å²) in [6.07, 6.45) is 0.268. The molecular formula is C9H4FNO3. The minimum atomic E-state index is -1.50. The molecule has 4 nitrogen and oxygen atoms in total. The average Bonchev–Trinajstić information content (AvgIpc) is 2.17. The van der Waals surface area contributed by atoms with E-state index in [4.69, 9.17) is 10.4 Å². The Morgan fingerprint density at radius 2 is 2.21 bits per heavy atom. The molecule has 0 radical (unpaired) electrons. The van der Waals surface area contributed by atoms with Crippen LogP contribution in [0.15, 0.2) is 12.1 Å². The minimum absolute atomic E-state index is 0.213. The van der Waals surface area contributed by atoms with Crippen LogP contribution in [0.1, 0.15) is 26.3 Å². The predicted molar refractivity (Wildman–Crippen MR) is 43.5 cm³/mol. The molecule has 0 aliphatic heterocycles. The van der Waals surface area contributed by atoms with E-state index < -0.39 is 22.9 Å². The van der Waals surface area contributed by atoms with Crippen LogP contribution in [0, 0.1) is 17.1 Å². The normalized spacial score (nSPS) is 9.14. The van der Waals surface area contributed by atoms with Crippen LogP contribution < -0.4 is 0 Å². The lowest BCUT2D eigenvalue weighted by atomic mass is 10.0. The van der Waals surface area contributed by atoms with Crippen LogP contribution >= 0.6 is 0 Å². The molecule has 70 valence electrons. The molecule has 0 unspecified atom stereocenters. The molecular weight excluding hydrogens is 189 g/mol. The summed E-state index contributed by atoms with van der Waals surface area (Å²) in [7, 11) is 0. The number of carbonyl (C=O) groups is 2. The van der Waals surface area contributed by atoms with Crippen LogP contribution in [-0.2, 0) is 0 Å². The Balaban J connectivity index is 3.62. The molecule has 5 heteroatoms. The Morgan fingerprint density at radius 3 is 2.64 bits per heavy atom. The lowest BCUT2D eigenvalue weighted by molar-refractivity contribution is 0.0693. The summed E-state index contributed by atoms with van der Waals surface area (Å²) in [5, 5.41) is 17.2. The zero-order valence-electron chi connectivity index (χ0n) is 6.82. The third kappa shape index (κ3) is 1.45. The number of hydrogen-bond acceptors (Lipinski definition) is 3. The third-order valence-electron chi connectivity index (χ3n) is 1.64. The second-order valence-electron chi connectivity index (χ2n) is 2.42. The van der Waals surface area contributed by atoms with E-state index in [1.54, 1.807) is 0 Å². The maximum Gasteiger partial charge on any atom is 0.337 e.